The van der Waals surface area contributed by atoms with E-state index in [1.807, 2.05) is 6.92 Å². The predicted octanol–water partition coefficient (Wildman–Crippen LogP) is 0.515. The quantitative estimate of drug-likeness (QED) is 0.516. The molecule has 1 atom stereocenters. The molecule has 0 saturated heterocycles. The molecule has 13 heavy (non-hydrogen) atoms. The number of likely N-dealkylation sites (N-methyl/N-ethyl adjacent to an activating group) is 1. The summed E-state index contributed by atoms with van der Waals surface area (Å²) in [6, 6.07) is 0. The fourth-order valence-corrected chi connectivity index (χ4v) is 1.15. The van der Waals surface area contributed by atoms with Crippen LogP contribution in [0.5, 0.6) is 0 Å². The normalized spacial score (nSPS) is 16.4. The van der Waals surface area contributed by atoms with Crippen molar-refractivity contribution >= 4 is 11.8 Å². The van der Waals surface area contributed by atoms with E-state index >= 15 is 0 Å². The molecule has 0 bridgehead atoms. The summed E-state index contributed by atoms with van der Waals surface area (Å²) in [5.41, 5.74) is -1.34. The highest BCUT2D eigenvalue weighted by Crippen LogP contribution is 2.21. The van der Waals surface area contributed by atoms with Gasteiger partial charge in [0.2, 0.25) is 5.78 Å². The number of Topliss-reactive ketones (excluding diaryl/α,β-unsaturated/α-hetero) is 1. The minimum Gasteiger partial charge on any atom is -0.476 e. The van der Waals surface area contributed by atoms with Crippen molar-refractivity contribution in [3.8, 4) is 0 Å². The molecule has 4 heteroatoms. The van der Waals surface area contributed by atoms with E-state index in [1.165, 1.54) is 13.8 Å². The maximum atomic E-state index is 11.3. The standard InChI is InChI=1S/C9H17NO3/c1-6-10(4,5)9(3,7(2)11)8(12)13/h6H2,1-5H3/p+1. The van der Waals surface area contributed by atoms with Gasteiger partial charge in [0, 0.05) is 13.8 Å². The van der Waals surface area contributed by atoms with Crippen molar-refractivity contribution in [1.82, 2.24) is 0 Å². The second kappa shape index (κ2) is 3.46. The first-order chi connectivity index (χ1) is 5.70. The summed E-state index contributed by atoms with van der Waals surface area (Å²) >= 11 is 0. The molecule has 0 aromatic carbocycles. The Balaban J connectivity index is 5.26. The number of quaternary nitrogens is 1. The molecular formula is C9H18NO3+. The zero-order chi connectivity index (χ0) is 10.9. The molecule has 0 aliphatic carbocycles. The number of carbonyl (C=O) groups is 2. The fourth-order valence-electron chi connectivity index (χ4n) is 1.15. The molecular weight excluding hydrogens is 170 g/mol. The molecule has 0 aliphatic heterocycles. The van der Waals surface area contributed by atoms with Gasteiger partial charge in [0.1, 0.15) is 0 Å². The number of hydrogen-bond acceptors (Lipinski definition) is 2. The van der Waals surface area contributed by atoms with E-state index in [0.29, 0.717) is 6.54 Å². The summed E-state index contributed by atoms with van der Waals surface area (Å²) in [4.78, 5) is 22.3. The van der Waals surface area contributed by atoms with Crippen LogP contribution in [-0.2, 0) is 9.59 Å². The van der Waals surface area contributed by atoms with Gasteiger partial charge in [-0.1, -0.05) is 0 Å². The van der Waals surface area contributed by atoms with E-state index < -0.39 is 11.5 Å². The maximum absolute atomic E-state index is 11.3. The van der Waals surface area contributed by atoms with Crippen LogP contribution in [-0.4, -0.2) is 47.5 Å². The highest BCUT2D eigenvalue weighted by atomic mass is 16.4. The molecule has 0 fully saturated rings. The number of aliphatic carboxylic acids is 1. The Bertz CT molecular complexity index is 219. The smallest absolute Gasteiger partial charge is 0.373 e. The van der Waals surface area contributed by atoms with Crippen molar-refractivity contribution < 1.29 is 19.2 Å². The molecule has 0 aromatic heterocycles. The van der Waals surface area contributed by atoms with Crippen LogP contribution in [0.3, 0.4) is 0 Å². The van der Waals surface area contributed by atoms with Gasteiger partial charge in [0.15, 0.2) is 0 Å². The molecule has 0 aliphatic rings. The third-order valence-corrected chi connectivity index (χ3v) is 3.10. The van der Waals surface area contributed by atoms with Crippen molar-refractivity contribution in [3.63, 3.8) is 0 Å². The molecule has 0 amide bonds. The van der Waals surface area contributed by atoms with Gasteiger partial charge in [-0.3, -0.25) is 4.79 Å². The second-order valence-corrected chi connectivity index (χ2v) is 3.93. The number of carboxylic acids is 1. The van der Waals surface area contributed by atoms with Crippen LogP contribution in [0.2, 0.25) is 0 Å². The lowest BCUT2D eigenvalue weighted by atomic mass is 9.93. The number of nitrogens with zero attached hydrogens (tertiary/aromatic N) is 1. The topological polar surface area (TPSA) is 54.4 Å². The molecule has 1 unspecified atom stereocenters. The number of hydrogen-bond donors (Lipinski definition) is 1. The largest absolute Gasteiger partial charge is 0.476 e. The van der Waals surface area contributed by atoms with E-state index in [4.69, 9.17) is 5.11 Å². The molecule has 0 saturated carbocycles. The minimum atomic E-state index is -1.34. The zero-order valence-corrected chi connectivity index (χ0v) is 8.92. The Kier molecular flexibility index (Phi) is 3.22. The minimum absolute atomic E-state index is 0.164. The van der Waals surface area contributed by atoms with Crippen molar-refractivity contribution in [3.05, 3.63) is 0 Å². The first-order valence-corrected chi connectivity index (χ1v) is 4.27. The summed E-state index contributed by atoms with van der Waals surface area (Å²) < 4.78 is 0.164. The lowest BCUT2D eigenvalue weighted by Gasteiger charge is -2.41. The summed E-state index contributed by atoms with van der Waals surface area (Å²) in [5, 5.41) is 9.03. The van der Waals surface area contributed by atoms with Crippen LogP contribution < -0.4 is 0 Å². The fraction of sp³-hybridized carbons (Fsp3) is 0.778. The number of rotatable bonds is 4. The molecule has 0 spiro atoms. The Morgan fingerprint density at radius 2 is 1.77 bits per heavy atom. The monoisotopic (exact) mass is 188 g/mol. The highest BCUT2D eigenvalue weighted by molar-refractivity contribution is 6.04. The lowest BCUT2D eigenvalue weighted by molar-refractivity contribution is -0.918. The summed E-state index contributed by atoms with van der Waals surface area (Å²) in [5.74, 6) is -1.38. The van der Waals surface area contributed by atoms with Crippen molar-refractivity contribution in [2.75, 3.05) is 20.6 Å². The summed E-state index contributed by atoms with van der Waals surface area (Å²) in [6.45, 7) is 5.26. The third kappa shape index (κ3) is 1.72. The average Bonchev–Trinajstić information content (AvgIpc) is 2.01. The Hall–Kier alpha value is -0.900. The van der Waals surface area contributed by atoms with Gasteiger partial charge >= 0.3 is 5.97 Å². The SMILES string of the molecule is CC[N+](C)(C)C(C)(C(C)=O)C(=O)O. The van der Waals surface area contributed by atoms with Gasteiger partial charge in [-0.25, -0.2) is 4.79 Å². The van der Waals surface area contributed by atoms with E-state index in [1.54, 1.807) is 14.1 Å². The molecule has 1 N–H and O–H groups in total. The van der Waals surface area contributed by atoms with E-state index in [-0.39, 0.29) is 10.3 Å². The lowest BCUT2D eigenvalue weighted by Crippen LogP contribution is -2.66. The van der Waals surface area contributed by atoms with Crippen molar-refractivity contribution in [2.45, 2.75) is 26.3 Å². The van der Waals surface area contributed by atoms with E-state index in [2.05, 4.69) is 0 Å². The molecule has 4 nitrogen and oxygen atoms in total. The van der Waals surface area contributed by atoms with Crippen molar-refractivity contribution in [1.29, 1.82) is 0 Å². The Morgan fingerprint density at radius 1 is 1.38 bits per heavy atom. The van der Waals surface area contributed by atoms with Crippen LogP contribution in [0.1, 0.15) is 20.8 Å². The Morgan fingerprint density at radius 3 is 1.85 bits per heavy atom. The van der Waals surface area contributed by atoms with Crippen LogP contribution >= 0.6 is 0 Å². The maximum Gasteiger partial charge on any atom is 0.373 e. The third-order valence-electron chi connectivity index (χ3n) is 3.10. The number of carbonyl (C=O) groups excluding carboxylic acids is 1. The summed E-state index contributed by atoms with van der Waals surface area (Å²) in [6.07, 6.45) is 0. The Labute approximate surface area is 78.7 Å². The van der Waals surface area contributed by atoms with Crippen molar-refractivity contribution in [2.24, 2.45) is 0 Å². The van der Waals surface area contributed by atoms with Gasteiger partial charge < -0.3 is 9.59 Å². The second-order valence-electron chi connectivity index (χ2n) is 3.93. The first kappa shape index (κ1) is 12.1. The van der Waals surface area contributed by atoms with Crippen LogP contribution in [0.4, 0.5) is 0 Å². The van der Waals surface area contributed by atoms with Crippen LogP contribution in [0.25, 0.3) is 0 Å². The molecule has 0 aromatic rings. The van der Waals surface area contributed by atoms with Gasteiger partial charge in [0.25, 0.3) is 5.54 Å². The highest BCUT2D eigenvalue weighted by Gasteiger charge is 2.52. The predicted molar refractivity (Wildman–Crippen MR) is 49.4 cm³/mol. The zero-order valence-electron chi connectivity index (χ0n) is 8.92. The van der Waals surface area contributed by atoms with Gasteiger partial charge in [0.05, 0.1) is 20.6 Å². The summed E-state index contributed by atoms with van der Waals surface area (Å²) in [7, 11) is 3.49. The van der Waals surface area contributed by atoms with Gasteiger partial charge in [-0.15, -0.1) is 0 Å². The average molecular weight is 188 g/mol. The molecule has 76 valence electrons. The van der Waals surface area contributed by atoms with E-state index in [9.17, 15) is 9.59 Å². The van der Waals surface area contributed by atoms with Crippen LogP contribution in [0.15, 0.2) is 0 Å². The molecule has 0 rings (SSSR count). The van der Waals surface area contributed by atoms with E-state index in [0.717, 1.165) is 0 Å². The number of ketones is 1. The number of carboxylic acid groups (broad SMARTS) is 1. The first-order valence-electron chi connectivity index (χ1n) is 4.27. The van der Waals surface area contributed by atoms with Gasteiger partial charge in [-0.05, 0) is 6.92 Å². The van der Waals surface area contributed by atoms with Crippen LogP contribution in [0, 0.1) is 0 Å². The molecule has 0 radical (unpaired) electrons. The molecule has 0 heterocycles. The van der Waals surface area contributed by atoms with Gasteiger partial charge in [-0.2, -0.15) is 0 Å².